The molecule has 0 bridgehead atoms. The Morgan fingerprint density at radius 1 is 1.14 bits per heavy atom. The lowest BCUT2D eigenvalue weighted by Crippen LogP contribution is -2.42. The Morgan fingerprint density at radius 3 is 2.69 bits per heavy atom. The Morgan fingerprint density at radius 2 is 1.90 bits per heavy atom. The van der Waals surface area contributed by atoms with Gasteiger partial charge in [-0.3, -0.25) is 0 Å². The van der Waals surface area contributed by atoms with E-state index in [0.717, 1.165) is 24.2 Å². The van der Waals surface area contributed by atoms with Crippen LogP contribution in [0.15, 0.2) is 54.6 Å². The molecule has 4 rings (SSSR count). The average molecular weight is 395 g/mol. The molecule has 2 aromatic rings. The molecule has 3 unspecified atom stereocenters. The lowest BCUT2D eigenvalue weighted by Gasteiger charge is -2.29. The molecule has 5 heteroatoms. The van der Waals surface area contributed by atoms with Gasteiger partial charge < -0.3 is 19.5 Å². The third-order valence-corrected chi connectivity index (χ3v) is 5.89. The molecule has 2 heterocycles. The van der Waals surface area contributed by atoms with Crippen molar-refractivity contribution in [3.05, 3.63) is 65.7 Å². The van der Waals surface area contributed by atoms with Crippen LogP contribution in [0.25, 0.3) is 0 Å². The first kappa shape index (κ1) is 19.9. The van der Waals surface area contributed by atoms with Gasteiger partial charge in [0.2, 0.25) is 0 Å². The van der Waals surface area contributed by atoms with Gasteiger partial charge in [-0.15, -0.1) is 0 Å². The van der Waals surface area contributed by atoms with E-state index in [-0.39, 0.29) is 18.7 Å². The van der Waals surface area contributed by atoms with E-state index in [2.05, 4.69) is 17.9 Å². The molecule has 0 saturated carbocycles. The van der Waals surface area contributed by atoms with Crippen molar-refractivity contribution in [2.24, 2.45) is 0 Å². The molecule has 0 spiro atoms. The molecule has 2 aromatic carbocycles. The fraction of sp³-hybridized carbons (Fsp3) is 0.458. The number of anilines is 1. The van der Waals surface area contributed by atoms with E-state index in [1.54, 1.807) is 12.1 Å². The Hall–Kier alpha value is -2.37. The number of aliphatic hydroxyl groups is 1. The highest BCUT2D eigenvalue weighted by molar-refractivity contribution is 5.89. The number of carbonyl (C=O) groups excluding carboxylic acids is 1. The number of unbranched alkanes of at least 4 members (excludes halogenated alkanes) is 3. The second-order valence-corrected chi connectivity index (χ2v) is 7.97. The van der Waals surface area contributed by atoms with Gasteiger partial charge in [-0.2, -0.15) is 0 Å². The van der Waals surface area contributed by atoms with E-state index >= 15 is 0 Å². The van der Waals surface area contributed by atoms with Crippen LogP contribution in [0.1, 0.15) is 54.9 Å². The van der Waals surface area contributed by atoms with E-state index in [9.17, 15) is 9.90 Å². The minimum atomic E-state index is -1.06. The molecule has 0 aromatic heterocycles. The molecule has 154 valence electrons. The number of benzene rings is 2. The average Bonchev–Trinajstić information content (AvgIpc) is 3.20. The smallest absolute Gasteiger partial charge is 0.338 e. The molecule has 1 fully saturated rings. The number of hydrogen-bond acceptors (Lipinski definition) is 5. The zero-order valence-electron chi connectivity index (χ0n) is 16.9. The molecule has 0 radical (unpaired) electrons. The van der Waals surface area contributed by atoms with Gasteiger partial charge in [0.15, 0.2) is 6.23 Å². The molecule has 1 saturated heterocycles. The number of para-hydroxylation sites is 1. The zero-order valence-corrected chi connectivity index (χ0v) is 16.9. The maximum Gasteiger partial charge on any atom is 0.338 e. The molecular weight excluding hydrogens is 366 g/mol. The molecule has 1 N–H and O–H groups in total. The molecular formula is C24H29NO4. The van der Waals surface area contributed by atoms with Gasteiger partial charge in [0.05, 0.1) is 11.7 Å². The van der Waals surface area contributed by atoms with Crippen LogP contribution in [-0.4, -0.2) is 36.6 Å². The summed E-state index contributed by atoms with van der Waals surface area (Å²) in [5.41, 5.74) is 1.42. The number of hydrogen-bond donors (Lipinski definition) is 1. The van der Waals surface area contributed by atoms with Gasteiger partial charge in [0.1, 0.15) is 12.2 Å². The second kappa shape index (κ2) is 8.56. The number of carbonyl (C=O) groups is 1. The fourth-order valence-electron chi connectivity index (χ4n) is 4.45. The van der Waals surface area contributed by atoms with Crippen molar-refractivity contribution in [3.8, 4) is 0 Å². The SMILES string of the molecule is CCCCCCN1c2ccccc2C2(O)CC(COC(=O)c3ccccc3)OC12. The molecule has 2 aliphatic heterocycles. The summed E-state index contributed by atoms with van der Waals surface area (Å²) in [5, 5.41) is 11.5. The minimum absolute atomic E-state index is 0.137. The number of esters is 1. The van der Waals surface area contributed by atoms with Gasteiger partial charge in [-0.25, -0.2) is 4.79 Å². The Labute approximate surface area is 172 Å². The zero-order chi connectivity index (χ0) is 20.3. The highest BCUT2D eigenvalue weighted by Crippen LogP contribution is 2.51. The third kappa shape index (κ3) is 3.89. The van der Waals surface area contributed by atoms with Crippen molar-refractivity contribution in [1.29, 1.82) is 0 Å². The van der Waals surface area contributed by atoms with Crippen LogP contribution in [0.5, 0.6) is 0 Å². The maximum absolute atomic E-state index is 12.2. The Kier molecular flexibility index (Phi) is 5.88. The lowest BCUT2D eigenvalue weighted by molar-refractivity contribution is -0.0503. The highest BCUT2D eigenvalue weighted by Gasteiger charge is 2.57. The summed E-state index contributed by atoms with van der Waals surface area (Å²) >= 11 is 0. The van der Waals surface area contributed by atoms with Gasteiger partial charge in [0.25, 0.3) is 0 Å². The molecule has 5 nitrogen and oxygen atoms in total. The van der Waals surface area contributed by atoms with Crippen LogP contribution in [0.2, 0.25) is 0 Å². The predicted octanol–water partition coefficient (Wildman–Crippen LogP) is 4.25. The van der Waals surface area contributed by atoms with E-state index in [0.29, 0.717) is 12.0 Å². The number of fused-ring (bicyclic) bond motifs is 3. The van der Waals surface area contributed by atoms with Crippen LogP contribution >= 0.6 is 0 Å². The standard InChI is InChI=1S/C24H29NO4/c1-2-3-4-10-15-25-21-14-9-8-13-20(21)24(27)16-19(29-23(24)25)17-28-22(26)18-11-6-5-7-12-18/h5-9,11-14,19,23,27H,2-4,10,15-17H2,1H3. The van der Waals surface area contributed by atoms with Crippen LogP contribution in [0.4, 0.5) is 5.69 Å². The highest BCUT2D eigenvalue weighted by atomic mass is 16.6. The molecule has 0 amide bonds. The van der Waals surface area contributed by atoms with Crippen molar-refractivity contribution >= 4 is 11.7 Å². The van der Waals surface area contributed by atoms with Gasteiger partial charge in [-0.1, -0.05) is 62.6 Å². The molecule has 2 aliphatic rings. The number of rotatable bonds is 8. The van der Waals surface area contributed by atoms with E-state index in [1.807, 2.05) is 36.4 Å². The fourth-order valence-corrected chi connectivity index (χ4v) is 4.45. The second-order valence-electron chi connectivity index (χ2n) is 7.97. The van der Waals surface area contributed by atoms with Crippen molar-refractivity contribution in [3.63, 3.8) is 0 Å². The van der Waals surface area contributed by atoms with Crippen molar-refractivity contribution in [2.75, 3.05) is 18.1 Å². The summed E-state index contributed by atoms with van der Waals surface area (Å²) in [6.45, 7) is 3.18. The van der Waals surface area contributed by atoms with Crippen LogP contribution < -0.4 is 4.90 Å². The Bertz CT molecular complexity index is 840. The Balaban J connectivity index is 1.44. The monoisotopic (exact) mass is 395 g/mol. The predicted molar refractivity (Wildman–Crippen MR) is 112 cm³/mol. The number of nitrogens with zero attached hydrogens (tertiary/aromatic N) is 1. The summed E-state index contributed by atoms with van der Waals surface area (Å²) < 4.78 is 11.7. The van der Waals surface area contributed by atoms with Crippen molar-refractivity contribution in [2.45, 2.75) is 57.0 Å². The molecule has 3 atom stereocenters. The van der Waals surface area contributed by atoms with Crippen molar-refractivity contribution in [1.82, 2.24) is 0 Å². The lowest BCUT2D eigenvalue weighted by atomic mass is 9.91. The normalized spacial score (nSPS) is 25.0. The van der Waals surface area contributed by atoms with Gasteiger partial charge in [-0.05, 0) is 24.6 Å². The minimum Gasteiger partial charge on any atom is -0.459 e. The molecule has 29 heavy (non-hydrogen) atoms. The van der Waals surface area contributed by atoms with Crippen LogP contribution in [-0.2, 0) is 15.1 Å². The van der Waals surface area contributed by atoms with Crippen LogP contribution in [0.3, 0.4) is 0 Å². The first-order valence-electron chi connectivity index (χ1n) is 10.6. The summed E-state index contributed by atoms with van der Waals surface area (Å²) in [6.07, 6.45) is 4.29. The topological polar surface area (TPSA) is 59.0 Å². The summed E-state index contributed by atoms with van der Waals surface area (Å²) in [4.78, 5) is 14.4. The van der Waals surface area contributed by atoms with Crippen LogP contribution in [0, 0.1) is 0 Å². The summed E-state index contributed by atoms with van der Waals surface area (Å²) in [5.74, 6) is -0.366. The summed E-state index contributed by atoms with van der Waals surface area (Å²) in [6, 6.07) is 16.9. The first-order valence-corrected chi connectivity index (χ1v) is 10.6. The summed E-state index contributed by atoms with van der Waals surface area (Å²) in [7, 11) is 0. The maximum atomic E-state index is 12.2. The van der Waals surface area contributed by atoms with E-state index in [1.165, 1.54) is 19.3 Å². The number of ether oxygens (including phenoxy) is 2. The first-order chi connectivity index (χ1) is 14.1. The third-order valence-electron chi connectivity index (χ3n) is 5.89. The van der Waals surface area contributed by atoms with Crippen molar-refractivity contribution < 1.29 is 19.4 Å². The largest absolute Gasteiger partial charge is 0.459 e. The van der Waals surface area contributed by atoms with E-state index in [4.69, 9.17) is 9.47 Å². The van der Waals surface area contributed by atoms with Gasteiger partial charge >= 0.3 is 5.97 Å². The van der Waals surface area contributed by atoms with Gasteiger partial charge in [0, 0.05) is 24.2 Å². The quantitative estimate of drug-likeness (QED) is 0.535. The molecule has 0 aliphatic carbocycles. The van der Waals surface area contributed by atoms with E-state index < -0.39 is 11.8 Å².